The van der Waals surface area contributed by atoms with Crippen LogP contribution in [0.25, 0.3) is 6.08 Å². The lowest BCUT2D eigenvalue weighted by atomic mass is 10.1. The zero-order valence-corrected chi connectivity index (χ0v) is 19.8. The smallest absolute Gasteiger partial charge is 0.268 e. The van der Waals surface area contributed by atoms with Gasteiger partial charge in [0.1, 0.15) is 23.1 Å². The number of rotatable bonds is 12. The fraction of sp³-hybridized carbons (Fsp3) is 0.240. The molecule has 0 aliphatic heterocycles. The van der Waals surface area contributed by atoms with Gasteiger partial charge >= 0.3 is 0 Å². The summed E-state index contributed by atoms with van der Waals surface area (Å²) in [6.07, 6.45) is 3.75. The van der Waals surface area contributed by atoms with Crippen LogP contribution in [0.1, 0.15) is 18.9 Å². The van der Waals surface area contributed by atoms with E-state index in [4.69, 9.17) is 18.9 Å². The standard InChI is InChI=1S/C25H25N3O5S/c1-3-31-23-16-18(15-19(17-26)24(29)28-25-27-11-14-34-25)5-10-22(23)33-13-4-12-32-21-8-6-20(30-2)7-9-21/h5-11,14-16H,3-4,12-13H2,1-2H3,(H,27,28,29)/b19-15-. The minimum absolute atomic E-state index is 0.0398. The van der Waals surface area contributed by atoms with Crippen LogP contribution in [0.3, 0.4) is 0 Å². The van der Waals surface area contributed by atoms with Gasteiger partial charge in [0, 0.05) is 18.0 Å². The molecule has 1 amide bonds. The van der Waals surface area contributed by atoms with Crippen molar-refractivity contribution < 1.29 is 23.7 Å². The molecule has 8 nitrogen and oxygen atoms in total. The average molecular weight is 480 g/mol. The van der Waals surface area contributed by atoms with E-state index in [-0.39, 0.29) is 5.57 Å². The monoisotopic (exact) mass is 479 g/mol. The molecule has 176 valence electrons. The van der Waals surface area contributed by atoms with E-state index in [0.717, 1.165) is 11.5 Å². The van der Waals surface area contributed by atoms with Crippen molar-refractivity contribution in [3.63, 3.8) is 0 Å². The fourth-order valence-corrected chi connectivity index (χ4v) is 3.39. The van der Waals surface area contributed by atoms with E-state index in [1.54, 1.807) is 36.9 Å². The van der Waals surface area contributed by atoms with Gasteiger partial charge in [-0.2, -0.15) is 5.26 Å². The van der Waals surface area contributed by atoms with Gasteiger partial charge in [-0.15, -0.1) is 11.3 Å². The highest BCUT2D eigenvalue weighted by Crippen LogP contribution is 2.30. The summed E-state index contributed by atoms with van der Waals surface area (Å²) in [6, 6.07) is 14.6. The zero-order valence-electron chi connectivity index (χ0n) is 18.9. The molecule has 0 saturated carbocycles. The summed E-state index contributed by atoms with van der Waals surface area (Å²) in [7, 11) is 1.62. The van der Waals surface area contributed by atoms with Crippen molar-refractivity contribution in [3.05, 3.63) is 65.2 Å². The summed E-state index contributed by atoms with van der Waals surface area (Å²) in [6.45, 7) is 3.25. The number of carbonyl (C=O) groups excluding carboxylic acids is 1. The van der Waals surface area contributed by atoms with Crippen LogP contribution in [0, 0.1) is 11.3 Å². The topological polar surface area (TPSA) is 103 Å². The number of thiazole rings is 1. The Labute approximate surface area is 202 Å². The molecule has 0 spiro atoms. The Morgan fingerprint density at radius 2 is 1.85 bits per heavy atom. The molecule has 0 atom stereocenters. The second-order valence-corrected chi connectivity index (χ2v) is 7.72. The highest BCUT2D eigenvalue weighted by atomic mass is 32.1. The van der Waals surface area contributed by atoms with E-state index in [2.05, 4.69) is 10.3 Å². The Balaban J connectivity index is 1.57. The highest BCUT2D eigenvalue weighted by Gasteiger charge is 2.12. The van der Waals surface area contributed by atoms with Gasteiger partial charge in [-0.3, -0.25) is 10.1 Å². The summed E-state index contributed by atoms with van der Waals surface area (Å²) in [5, 5.41) is 14.2. The molecule has 0 aliphatic rings. The van der Waals surface area contributed by atoms with Crippen molar-refractivity contribution in [2.24, 2.45) is 0 Å². The van der Waals surface area contributed by atoms with Gasteiger partial charge < -0.3 is 18.9 Å². The van der Waals surface area contributed by atoms with Gasteiger partial charge in [0.15, 0.2) is 16.6 Å². The van der Waals surface area contributed by atoms with E-state index in [9.17, 15) is 10.1 Å². The molecule has 0 saturated heterocycles. The molecular weight excluding hydrogens is 454 g/mol. The van der Waals surface area contributed by atoms with E-state index in [1.165, 1.54) is 17.4 Å². The Bertz CT molecular complexity index is 1140. The molecule has 1 N–H and O–H groups in total. The molecule has 0 radical (unpaired) electrons. The number of nitrogens with one attached hydrogen (secondary N) is 1. The van der Waals surface area contributed by atoms with Crippen molar-refractivity contribution in [1.29, 1.82) is 5.26 Å². The number of amides is 1. The first-order valence-corrected chi connectivity index (χ1v) is 11.5. The van der Waals surface area contributed by atoms with Crippen LogP contribution in [-0.4, -0.2) is 37.8 Å². The summed E-state index contributed by atoms with van der Waals surface area (Å²) in [4.78, 5) is 16.3. The first-order valence-electron chi connectivity index (χ1n) is 10.6. The minimum Gasteiger partial charge on any atom is -0.497 e. The van der Waals surface area contributed by atoms with E-state index >= 15 is 0 Å². The molecule has 2 aromatic carbocycles. The number of ether oxygens (including phenoxy) is 4. The molecule has 0 bridgehead atoms. The highest BCUT2D eigenvalue weighted by molar-refractivity contribution is 7.13. The Morgan fingerprint density at radius 3 is 2.53 bits per heavy atom. The van der Waals surface area contributed by atoms with Crippen LogP contribution < -0.4 is 24.3 Å². The van der Waals surface area contributed by atoms with Crippen LogP contribution in [0.5, 0.6) is 23.0 Å². The van der Waals surface area contributed by atoms with Crippen molar-refractivity contribution in [3.8, 4) is 29.1 Å². The number of aromatic nitrogens is 1. The molecule has 0 aliphatic carbocycles. The predicted octanol–water partition coefficient (Wildman–Crippen LogP) is 4.94. The molecule has 9 heteroatoms. The predicted molar refractivity (Wildman–Crippen MR) is 131 cm³/mol. The Morgan fingerprint density at radius 1 is 1.09 bits per heavy atom. The summed E-state index contributed by atoms with van der Waals surface area (Å²) >= 11 is 1.28. The van der Waals surface area contributed by atoms with Gasteiger partial charge in [-0.25, -0.2) is 4.98 Å². The normalized spacial score (nSPS) is 10.8. The van der Waals surface area contributed by atoms with Crippen molar-refractivity contribution in [2.75, 3.05) is 32.2 Å². The van der Waals surface area contributed by atoms with Gasteiger partial charge in [0.05, 0.1) is 26.9 Å². The van der Waals surface area contributed by atoms with E-state index < -0.39 is 5.91 Å². The third-order valence-corrected chi connectivity index (χ3v) is 5.16. The Kier molecular flexibility index (Phi) is 9.31. The van der Waals surface area contributed by atoms with E-state index in [0.29, 0.717) is 48.4 Å². The molecule has 0 fully saturated rings. The first kappa shape index (κ1) is 24.6. The van der Waals surface area contributed by atoms with Crippen LogP contribution in [0.2, 0.25) is 0 Å². The second-order valence-electron chi connectivity index (χ2n) is 6.83. The van der Waals surface area contributed by atoms with E-state index in [1.807, 2.05) is 37.3 Å². The SMILES string of the molecule is CCOc1cc(/C=C(/C#N)C(=O)Nc2nccs2)ccc1OCCCOc1ccc(OC)cc1. The maximum absolute atomic E-state index is 12.4. The third-order valence-electron chi connectivity index (χ3n) is 4.47. The van der Waals surface area contributed by atoms with Gasteiger partial charge in [0.2, 0.25) is 0 Å². The zero-order chi connectivity index (χ0) is 24.2. The lowest BCUT2D eigenvalue weighted by molar-refractivity contribution is -0.112. The Hall–Kier alpha value is -4.03. The van der Waals surface area contributed by atoms with Gasteiger partial charge in [-0.1, -0.05) is 6.07 Å². The fourth-order valence-electron chi connectivity index (χ4n) is 2.87. The number of nitrogens with zero attached hydrogens (tertiary/aromatic N) is 2. The van der Waals surface area contributed by atoms with Gasteiger partial charge in [-0.05, 0) is 55.0 Å². The lowest BCUT2D eigenvalue weighted by Gasteiger charge is -2.13. The lowest BCUT2D eigenvalue weighted by Crippen LogP contribution is -2.13. The molecule has 3 aromatic rings. The summed E-state index contributed by atoms with van der Waals surface area (Å²) in [5.74, 6) is 2.13. The summed E-state index contributed by atoms with van der Waals surface area (Å²) in [5.41, 5.74) is 0.603. The average Bonchev–Trinajstić information content (AvgIpc) is 3.37. The number of carbonyl (C=O) groups is 1. The summed E-state index contributed by atoms with van der Waals surface area (Å²) < 4.78 is 22.4. The van der Waals surface area contributed by atoms with Crippen LogP contribution in [0.15, 0.2) is 59.6 Å². The van der Waals surface area contributed by atoms with Crippen LogP contribution in [-0.2, 0) is 4.79 Å². The van der Waals surface area contributed by atoms with Crippen LogP contribution in [0.4, 0.5) is 5.13 Å². The quantitative estimate of drug-likeness (QED) is 0.223. The number of hydrogen-bond acceptors (Lipinski definition) is 8. The molecule has 1 aromatic heterocycles. The number of nitriles is 1. The minimum atomic E-state index is -0.521. The van der Waals surface area contributed by atoms with Crippen molar-refractivity contribution >= 4 is 28.5 Å². The van der Waals surface area contributed by atoms with Gasteiger partial charge in [0.25, 0.3) is 5.91 Å². The number of benzene rings is 2. The number of methoxy groups -OCH3 is 1. The molecule has 34 heavy (non-hydrogen) atoms. The third kappa shape index (κ3) is 7.25. The molecule has 0 unspecified atom stereocenters. The molecule has 1 heterocycles. The maximum atomic E-state index is 12.4. The van der Waals surface area contributed by atoms with Crippen molar-refractivity contribution in [1.82, 2.24) is 4.98 Å². The largest absolute Gasteiger partial charge is 0.497 e. The first-order chi connectivity index (χ1) is 16.6. The molecule has 3 rings (SSSR count). The maximum Gasteiger partial charge on any atom is 0.268 e. The number of anilines is 1. The number of hydrogen-bond donors (Lipinski definition) is 1. The second kappa shape index (κ2) is 12.9. The molecular formula is C25H25N3O5S. The van der Waals surface area contributed by atoms with Crippen molar-refractivity contribution in [2.45, 2.75) is 13.3 Å². The van der Waals surface area contributed by atoms with Crippen LogP contribution >= 0.6 is 11.3 Å².